The monoisotopic (exact) mass is 253 g/mol. The van der Waals surface area contributed by atoms with E-state index in [2.05, 4.69) is 30.7 Å². The topological polar surface area (TPSA) is 59.2 Å². The highest BCUT2D eigenvalue weighted by atomic mass is 32.1. The Morgan fingerprint density at radius 2 is 2.06 bits per heavy atom. The van der Waals surface area contributed by atoms with E-state index in [0.717, 1.165) is 23.8 Å². The maximum atomic E-state index is 11.2. The van der Waals surface area contributed by atoms with E-state index in [1.807, 2.05) is 6.92 Å². The van der Waals surface area contributed by atoms with Gasteiger partial charge in [0.05, 0.1) is 10.7 Å². The van der Waals surface area contributed by atoms with Crippen molar-refractivity contribution in [2.75, 3.05) is 13.1 Å². The van der Waals surface area contributed by atoms with Crippen molar-refractivity contribution in [2.24, 2.45) is 5.73 Å². The zero-order valence-electron chi connectivity index (χ0n) is 10.8. The van der Waals surface area contributed by atoms with Crippen molar-refractivity contribution in [2.45, 2.75) is 39.2 Å². The Kier molecular flexibility index (Phi) is 2.99. The van der Waals surface area contributed by atoms with Crippen molar-refractivity contribution < 1.29 is 4.79 Å². The van der Waals surface area contributed by atoms with Crippen LogP contribution in [-0.2, 0) is 0 Å². The summed E-state index contributed by atoms with van der Waals surface area (Å²) in [5, 5.41) is 1.05. The molecule has 0 aromatic carbocycles. The highest BCUT2D eigenvalue weighted by Crippen LogP contribution is 2.35. The summed E-state index contributed by atoms with van der Waals surface area (Å²) in [5.41, 5.74) is 6.29. The standard InChI is InChI=1S/C12H19N3OS/c1-7-9(10(13)16)17-11(14-7)8-5-15(6-8)12(2,3)4/h8H,5-6H2,1-4H3,(H2,13,16). The van der Waals surface area contributed by atoms with Gasteiger partial charge >= 0.3 is 0 Å². The number of carbonyl (C=O) groups is 1. The van der Waals surface area contributed by atoms with Crippen molar-refractivity contribution in [1.29, 1.82) is 0 Å². The molecule has 0 spiro atoms. The van der Waals surface area contributed by atoms with Gasteiger partial charge in [0.25, 0.3) is 5.91 Å². The summed E-state index contributed by atoms with van der Waals surface area (Å²) in [5.74, 6) is 0.101. The molecule has 0 bridgehead atoms. The van der Waals surface area contributed by atoms with Crippen molar-refractivity contribution in [3.8, 4) is 0 Å². The molecule has 1 aromatic rings. The first-order valence-corrected chi connectivity index (χ1v) is 6.63. The van der Waals surface area contributed by atoms with Crippen molar-refractivity contribution in [1.82, 2.24) is 9.88 Å². The van der Waals surface area contributed by atoms with Crippen LogP contribution in [0.2, 0.25) is 0 Å². The molecule has 1 amide bonds. The van der Waals surface area contributed by atoms with Gasteiger partial charge in [0.2, 0.25) is 0 Å². The lowest BCUT2D eigenvalue weighted by Gasteiger charge is -2.47. The van der Waals surface area contributed by atoms with E-state index in [1.165, 1.54) is 11.3 Å². The summed E-state index contributed by atoms with van der Waals surface area (Å²) in [4.78, 5) is 18.7. The highest BCUT2D eigenvalue weighted by molar-refractivity contribution is 7.13. The molecule has 0 atom stereocenters. The lowest BCUT2D eigenvalue weighted by atomic mass is 9.93. The van der Waals surface area contributed by atoms with Gasteiger partial charge in [0.1, 0.15) is 4.88 Å². The first kappa shape index (κ1) is 12.5. The summed E-state index contributed by atoms with van der Waals surface area (Å²) in [6.45, 7) is 10.5. The number of carbonyl (C=O) groups excluding carboxylic acids is 1. The molecule has 0 aliphatic carbocycles. The molecular formula is C12H19N3OS. The van der Waals surface area contributed by atoms with Gasteiger partial charge in [-0.3, -0.25) is 9.69 Å². The number of amides is 1. The molecule has 2 N–H and O–H groups in total. The van der Waals surface area contributed by atoms with E-state index >= 15 is 0 Å². The quantitative estimate of drug-likeness (QED) is 0.873. The van der Waals surface area contributed by atoms with E-state index in [1.54, 1.807) is 0 Å². The molecule has 2 heterocycles. The van der Waals surface area contributed by atoms with E-state index < -0.39 is 0 Å². The van der Waals surface area contributed by atoms with Gasteiger partial charge in [-0.15, -0.1) is 11.3 Å². The van der Waals surface area contributed by atoms with Gasteiger partial charge in [0.15, 0.2) is 0 Å². The number of aryl methyl sites for hydroxylation is 1. The molecule has 1 saturated heterocycles. The average Bonchev–Trinajstić information content (AvgIpc) is 2.41. The first-order chi connectivity index (χ1) is 7.79. The Balaban J connectivity index is 2.07. The molecule has 2 rings (SSSR count). The number of primary amides is 1. The van der Waals surface area contributed by atoms with Crippen molar-refractivity contribution in [3.63, 3.8) is 0 Å². The maximum absolute atomic E-state index is 11.2. The fraction of sp³-hybridized carbons (Fsp3) is 0.667. The third-order valence-corrected chi connectivity index (χ3v) is 4.55. The molecule has 94 valence electrons. The Hall–Kier alpha value is -0.940. The number of nitrogens with two attached hydrogens (primary N) is 1. The second-order valence-corrected chi connectivity index (χ2v) is 6.63. The number of aromatic nitrogens is 1. The fourth-order valence-corrected chi connectivity index (χ4v) is 3.00. The minimum atomic E-state index is -0.363. The van der Waals surface area contributed by atoms with Crippen LogP contribution in [-0.4, -0.2) is 34.4 Å². The Morgan fingerprint density at radius 1 is 1.47 bits per heavy atom. The zero-order valence-corrected chi connectivity index (χ0v) is 11.6. The molecule has 0 radical (unpaired) electrons. The van der Waals surface area contributed by atoms with Crippen molar-refractivity contribution >= 4 is 17.2 Å². The molecule has 1 aliphatic heterocycles. The van der Waals surface area contributed by atoms with Gasteiger partial charge < -0.3 is 5.73 Å². The normalized spacial score (nSPS) is 18.1. The predicted molar refractivity (Wildman–Crippen MR) is 69.4 cm³/mol. The van der Waals surface area contributed by atoms with Gasteiger partial charge in [-0.25, -0.2) is 4.98 Å². The zero-order chi connectivity index (χ0) is 12.8. The second-order valence-electron chi connectivity index (χ2n) is 5.60. The molecule has 1 fully saturated rings. The second kappa shape index (κ2) is 4.07. The lowest BCUT2D eigenvalue weighted by molar-refractivity contribution is 0.0469. The molecule has 1 aromatic heterocycles. The summed E-state index contributed by atoms with van der Waals surface area (Å²) in [7, 11) is 0. The SMILES string of the molecule is Cc1nc(C2CN(C(C)(C)C)C2)sc1C(N)=O. The van der Waals surface area contributed by atoms with Gasteiger partial charge in [-0.1, -0.05) is 0 Å². The number of hydrogen-bond donors (Lipinski definition) is 1. The molecular weight excluding hydrogens is 234 g/mol. The van der Waals surface area contributed by atoms with Crippen LogP contribution in [0.1, 0.15) is 47.1 Å². The van der Waals surface area contributed by atoms with E-state index in [4.69, 9.17) is 5.73 Å². The highest BCUT2D eigenvalue weighted by Gasteiger charge is 2.37. The van der Waals surface area contributed by atoms with Crippen LogP contribution in [0.4, 0.5) is 0 Å². The third kappa shape index (κ3) is 2.35. The molecule has 0 saturated carbocycles. The minimum Gasteiger partial charge on any atom is -0.365 e. The summed E-state index contributed by atoms with van der Waals surface area (Å²) < 4.78 is 0. The summed E-state index contributed by atoms with van der Waals surface area (Å²) >= 11 is 1.45. The average molecular weight is 253 g/mol. The number of thiazole rings is 1. The number of nitrogens with zero attached hydrogens (tertiary/aromatic N) is 2. The largest absolute Gasteiger partial charge is 0.365 e. The molecule has 17 heavy (non-hydrogen) atoms. The van der Waals surface area contributed by atoms with E-state index in [0.29, 0.717) is 10.8 Å². The fourth-order valence-electron chi connectivity index (χ4n) is 2.00. The van der Waals surface area contributed by atoms with Crippen LogP contribution in [0.3, 0.4) is 0 Å². The molecule has 5 heteroatoms. The van der Waals surface area contributed by atoms with Crippen LogP contribution >= 0.6 is 11.3 Å². The van der Waals surface area contributed by atoms with Crippen LogP contribution < -0.4 is 5.73 Å². The van der Waals surface area contributed by atoms with Crippen LogP contribution in [0.5, 0.6) is 0 Å². The maximum Gasteiger partial charge on any atom is 0.260 e. The summed E-state index contributed by atoms with van der Waals surface area (Å²) in [6, 6.07) is 0. The lowest BCUT2D eigenvalue weighted by Crippen LogP contribution is -2.54. The molecule has 1 aliphatic rings. The Labute approximate surface area is 106 Å². The number of hydrogen-bond acceptors (Lipinski definition) is 4. The van der Waals surface area contributed by atoms with E-state index in [-0.39, 0.29) is 11.4 Å². The summed E-state index contributed by atoms with van der Waals surface area (Å²) in [6.07, 6.45) is 0. The predicted octanol–water partition coefficient (Wildman–Crippen LogP) is 1.75. The van der Waals surface area contributed by atoms with Crippen LogP contribution in [0, 0.1) is 6.92 Å². The van der Waals surface area contributed by atoms with E-state index in [9.17, 15) is 4.79 Å². The molecule has 4 nitrogen and oxygen atoms in total. The minimum absolute atomic E-state index is 0.218. The van der Waals surface area contributed by atoms with Crippen LogP contribution in [0.25, 0.3) is 0 Å². The smallest absolute Gasteiger partial charge is 0.260 e. The number of likely N-dealkylation sites (tertiary alicyclic amines) is 1. The van der Waals surface area contributed by atoms with Crippen molar-refractivity contribution in [3.05, 3.63) is 15.6 Å². The number of rotatable bonds is 2. The first-order valence-electron chi connectivity index (χ1n) is 5.81. The van der Waals surface area contributed by atoms with Gasteiger partial charge in [-0.05, 0) is 27.7 Å². The Bertz CT molecular complexity index is 441. The third-order valence-electron chi connectivity index (χ3n) is 3.22. The molecule has 0 unspecified atom stereocenters. The van der Waals surface area contributed by atoms with Gasteiger partial charge in [-0.2, -0.15) is 0 Å². The van der Waals surface area contributed by atoms with Gasteiger partial charge in [0, 0.05) is 24.5 Å². The van der Waals surface area contributed by atoms with Crippen LogP contribution in [0.15, 0.2) is 0 Å². The Morgan fingerprint density at radius 3 is 2.47 bits per heavy atom.